The average Bonchev–Trinajstić information content (AvgIpc) is 3.20. The van der Waals surface area contributed by atoms with E-state index in [1.165, 1.54) is 42.6 Å². The molecule has 7 nitrogen and oxygen atoms in total. The van der Waals surface area contributed by atoms with Gasteiger partial charge in [0.05, 0.1) is 12.2 Å². The predicted molar refractivity (Wildman–Crippen MR) is 98.7 cm³/mol. The second-order valence-electron chi connectivity index (χ2n) is 7.61. The molecule has 0 atom stereocenters. The maximum Gasteiger partial charge on any atom is 0.275 e. The largest absolute Gasteiger partial charge is 0.344 e. The third-order valence-electron chi connectivity index (χ3n) is 5.38. The summed E-state index contributed by atoms with van der Waals surface area (Å²) in [5.41, 5.74) is 2.72. The molecule has 1 fully saturated rings. The van der Waals surface area contributed by atoms with Crippen LogP contribution in [0.15, 0.2) is 18.6 Å². The molecule has 2 aliphatic rings. The van der Waals surface area contributed by atoms with Crippen molar-refractivity contribution in [3.8, 4) is 0 Å². The van der Waals surface area contributed by atoms with Crippen LogP contribution in [-0.2, 0) is 19.6 Å². The number of hydrogen-bond donors (Lipinski definition) is 0. The Kier molecular flexibility index (Phi) is 4.61. The molecule has 138 valence electrons. The third kappa shape index (κ3) is 3.30. The lowest BCUT2D eigenvalue weighted by molar-refractivity contribution is 0.0822. The fraction of sp³-hybridized carbons (Fsp3) is 0.579. The lowest BCUT2D eigenvalue weighted by Gasteiger charge is -2.22. The van der Waals surface area contributed by atoms with Crippen molar-refractivity contribution in [1.29, 1.82) is 0 Å². The van der Waals surface area contributed by atoms with Gasteiger partial charge in [0.25, 0.3) is 5.91 Å². The molecule has 0 aromatic carbocycles. The van der Waals surface area contributed by atoms with Gasteiger partial charge in [0.1, 0.15) is 0 Å². The quantitative estimate of drug-likeness (QED) is 0.844. The van der Waals surface area contributed by atoms with Gasteiger partial charge >= 0.3 is 0 Å². The first kappa shape index (κ1) is 17.0. The molecule has 4 rings (SSSR count). The summed E-state index contributed by atoms with van der Waals surface area (Å²) in [6.07, 6.45) is 12.1. The van der Waals surface area contributed by atoms with Gasteiger partial charge in [-0.3, -0.25) is 9.48 Å². The fourth-order valence-corrected chi connectivity index (χ4v) is 4.01. The van der Waals surface area contributed by atoms with Crippen LogP contribution in [0, 0.1) is 5.92 Å². The standard InChI is InChI=1S/C19H26N6O/c1-23(2)19(26)17-18(21-9-8-20-17)24-11-15-12-25(22-16(15)13-24)10-14-6-4-3-5-7-14/h8-9,12,14H,3-7,10-11,13H2,1-2H3. The number of aromatic nitrogens is 4. The Morgan fingerprint density at radius 3 is 2.65 bits per heavy atom. The molecule has 3 heterocycles. The molecule has 0 spiro atoms. The molecule has 1 aliphatic heterocycles. The minimum atomic E-state index is -0.125. The van der Waals surface area contributed by atoms with Crippen LogP contribution in [-0.4, -0.2) is 44.7 Å². The summed E-state index contributed by atoms with van der Waals surface area (Å²) in [6, 6.07) is 0. The van der Waals surface area contributed by atoms with Gasteiger partial charge in [-0.15, -0.1) is 0 Å². The normalized spacial score (nSPS) is 17.4. The lowest BCUT2D eigenvalue weighted by Crippen LogP contribution is -2.27. The summed E-state index contributed by atoms with van der Waals surface area (Å²) < 4.78 is 2.13. The van der Waals surface area contributed by atoms with E-state index in [-0.39, 0.29) is 5.91 Å². The molecule has 0 saturated heterocycles. The van der Waals surface area contributed by atoms with E-state index < -0.39 is 0 Å². The zero-order chi connectivity index (χ0) is 18.1. The summed E-state index contributed by atoms with van der Waals surface area (Å²) in [4.78, 5) is 24.7. The third-order valence-corrected chi connectivity index (χ3v) is 5.38. The Labute approximate surface area is 154 Å². The minimum absolute atomic E-state index is 0.125. The molecule has 0 unspecified atom stereocenters. The molecular weight excluding hydrogens is 328 g/mol. The van der Waals surface area contributed by atoms with Crippen LogP contribution in [0.3, 0.4) is 0 Å². The molecule has 7 heteroatoms. The van der Waals surface area contributed by atoms with Crippen molar-refractivity contribution in [1.82, 2.24) is 24.6 Å². The second-order valence-corrected chi connectivity index (χ2v) is 7.61. The Morgan fingerprint density at radius 2 is 1.92 bits per heavy atom. The summed E-state index contributed by atoms with van der Waals surface area (Å²) >= 11 is 0. The lowest BCUT2D eigenvalue weighted by atomic mass is 9.89. The molecule has 1 aliphatic carbocycles. The summed E-state index contributed by atoms with van der Waals surface area (Å²) in [5.74, 6) is 1.28. The maximum atomic E-state index is 12.4. The second kappa shape index (κ2) is 7.05. The molecule has 2 aromatic rings. The monoisotopic (exact) mass is 354 g/mol. The van der Waals surface area contributed by atoms with Gasteiger partial charge < -0.3 is 9.80 Å². The van der Waals surface area contributed by atoms with Gasteiger partial charge in [-0.1, -0.05) is 19.3 Å². The van der Waals surface area contributed by atoms with E-state index >= 15 is 0 Å². The predicted octanol–water partition coefficient (Wildman–Crippen LogP) is 2.48. The van der Waals surface area contributed by atoms with E-state index in [9.17, 15) is 4.79 Å². The van der Waals surface area contributed by atoms with Crippen LogP contribution in [0.25, 0.3) is 0 Å². The zero-order valence-corrected chi connectivity index (χ0v) is 15.6. The van der Waals surface area contributed by atoms with Gasteiger partial charge in [0.2, 0.25) is 0 Å². The highest BCUT2D eigenvalue weighted by Crippen LogP contribution is 2.29. The first-order valence-corrected chi connectivity index (χ1v) is 9.44. The topological polar surface area (TPSA) is 67.2 Å². The maximum absolute atomic E-state index is 12.4. The van der Waals surface area contributed by atoms with E-state index in [0.29, 0.717) is 18.1 Å². The van der Waals surface area contributed by atoms with Crippen molar-refractivity contribution in [2.75, 3.05) is 19.0 Å². The molecule has 1 saturated carbocycles. The van der Waals surface area contributed by atoms with Crippen molar-refractivity contribution in [2.24, 2.45) is 5.92 Å². The van der Waals surface area contributed by atoms with Crippen LogP contribution in [0.4, 0.5) is 5.82 Å². The summed E-state index contributed by atoms with van der Waals surface area (Å²) in [7, 11) is 3.46. The molecule has 0 radical (unpaired) electrons. The van der Waals surface area contributed by atoms with Gasteiger partial charge in [0, 0.05) is 51.3 Å². The Morgan fingerprint density at radius 1 is 1.15 bits per heavy atom. The SMILES string of the molecule is CN(C)C(=O)c1nccnc1N1Cc2cn(CC3CCCCC3)nc2C1. The van der Waals surface area contributed by atoms with E-state index in [0.717, 1.165) is 24.7 Å². The fourth-order valence-electron chi connectivity index (χ4n) is 4.01. The highest BCUT2D eigenvalue weighted by molar-refractivity contribution is 5.96. The molecular formula is C19H26N6O. The summed E-state index contributed by atoms with van der Waals surface area (Å²) in [5, 5.41) is 4.80. The molecule has 2 aromatic heterocycles. The first-order valence-electron chi connectivity index (χ1n) is 9.44. The highest BCUT2D eigenvalue weighted by atomic mass is 16.2. The Bertz CT molecular complexity index is 770. The average molecular weight is 354 g/mol. The van der Waals surface area contributed by atoms with Crippen molar-refractivity contribution >= 4 is 11.7 Å². The van der Waals surface area contributed by atoms with Crippen molar-refractivity contribution < 1.29 is 4.79 Å². The van der Waals surface area contributed by atoms with Crippen LogP contribution in [0.2, 0.25) is 0 Å². The van der Waals surface area contributed by atoms with Crippen molar-refractivity contribution in [2.45, 2.75) is 51.7 Å². The van der Waals surface area contributed by atoms with Gasteiger partial charge in [-0.2, -0.15) is 5.10 Å². The Hall–Kier alpha value is -2.44. The zero-order valence-electron chi connectivity index (χ0n) is 15.6. The number of carbonyl (C=O) groups is 1. The van der Waals surface area contributed by atoms with Gasteiger partial charge in [-0.05, 0) is 18.8 Å². The van der Waals surface area contributed by atoms with Crippen molar-refractivity contribution in [3.05, 3.63) is 35.5 Å². The molecule has 0 bridgehead atoms. The van der Waals surface area contributed by atoms with Crippen LogP contribution >= 0.6 is 0 Å². The number of carbonyl (C=O) groups excluding carboxylic acids is 1. The van der Waals surface area contributed by atoms with Crippen LogP contribution in [0.5, 0.6) is 0 Å². The Balaban J connectivity index is 1.48. The minimum Gasteiger partial charge on any atom is -0.344 e. The van der Waals surface area contributed by atoms with E-state index in [2.05, 4.69) is 25.7 Å². The summed E-state index contributed by atoms with van der Waals surface area (Å²) in [6.45, 7) is 2.44. The highest BCUT2D eigenvalue weighted by Gasteiger charge is 2.28. The van der Waals surface area contributed by atoms with E-state index in [1.54, 1.807) is 26.5 Å². The van der Waals surface area contributed by atoms with Crippen LogP contribution < -0.4 is 4.90 Å². The number of anilines is 1. The molecule has 1 amide bonds. The van der Waals surface area contributed by atoms with E-state index in [4.69, 9.17) is 5.10 Å². The molecule has 26 heavy (non-hydrogen) atoms. The number of rotatable bonds is 4. The number of fused-ring (bicyclic) bond motifs is 1. The molecule has 0 N–H and O–H groups in total. The van der Waals surface area contributed by atoms with E-state index in [1.807, 2.05) is 0 Å². The van der Waals surface area contributed by atoms with Crippen molar-refractivity contribution in [3.63, 3.8) is 0 Å². The van der Waals surface area contributed by atoms with Gasteiger partial charge in [0.15, 0.2) is 11.5 Å². The first-order chi connectivity index (χ1) is 12.6. The van der Waals surface area contributed by atoms with Gasteiger partial charge in [-0.25, -0.2) is 9.97 Å². The number of hydrogen-bond acceptors (Lipinski definition) is 5. The smallest absolute Gasteiger partial charge is 0.275 e. The number of amides is 1. The number of nitrogens with zero attached hydrogens (tertiary/aromatic N) is 6. The van der Waals surface area contributed by atoms with Crippen LogP contribution in [0.1, 0.15) is 53.8 Å².